The molecule has 0 saturated carbocycles. The standard InChI is InChI=1S/C18H21ClFN3.C2H6.CO2/c1-4-5-17(15-9-14(20)7-6-11(15)2)23-10-13(19)8-16(12(3)21)18(23)22;1-2;2-1-3/h6-10,17,22H,3-5,21H2,1-2H3;1-2H3;. The van der Waals surface area contributed by atoms with Gasteiger partial charge in [-0.15, -0.1) is 0 Å². The maximum Gasteiger partial charge on any atom is 0.373 e. The maximum atomic E-state index is 13.7. The first-order chi connectivity index (χ1) is 13.3. The monoisotopic (exact) mass is 407 g/mol. The van der Waals surface area contributed by atoms with Crippen LogP contribution in [-0.4, -0.2) is 10.7 Å². The minimum Gasteiger partial charge on any atom is -0.399 e. The number of pyridine rings is 1. The van der Waals surface area contributed by atoms with Gasteiger partial charge in [0.15, 0.2) is 0 Å². The SMILES string of the molecule is C=C(N)c1cc(Cl)cn(C(CCC)c2cc(F)ccc2C)c1=N.CC.O=C=O. The predicted molar refractivity (Wildman–Crippen MR) is 109 cm³/mol. The average Bonchev–Trinajstić information content (AvgIpc) is 2.66. The van der Waals surface area contributed by atoms with E-state index in [4.69, 9.17) is 32.3 Å². The summed E-state index contributed by atoms with van der Waals surface area (Å²) < 4.78 is 15.5. The highest BCUT2D eigenvalue weighted by molar-refractivity contribution is 6.30. The molecule has 3 N–H and O–H groups in total. The molecule has 2 rings (SSSR count). The van der Waals surface area contributed by atoms with Crippen LogP contribution in [0.2, 0.25) is 5.02 Å². The molecular weight excluding hydrogens is 381 g/mol. The Morgan fingerprint density at radius 1 is 1.36 bits per heavy atom. The molecule has 28 heavy (non-hydrogen) atoms. The molecule has 2 aromatic rings. The van der Waals surface area contributed by atoms with Crippen LogP contribution in [0.15, 0.2) is 37.0 Å². The van der Waals surface area contributed by atoms with Crippen molar-refractivity contribution in [2.45, 2.75) is 46.6 Å². The summed E-state index contributed by atoms with van der Waals surface area (Å²) in [4.78, 5) is 16.2. The summed E-state index contributed by atoms with van der Waals surface area (Å²) >= 11 is 6.19. The van der Waals surface area contributed by atoms with Crippen LogP contribution < -0.4 is 11.2 Å². The first-order valence-electron chi connectivity index (χ1n) is 8.93. The van der Waals surface area contributed by atoms with Crippen LogP contribution in [0.5, 0.6) is 0 Å². The second kappa shape index (κ2) is 12.7. The molecule has 0 amide bonds. The fraction of sp³-hybridized carbons (Fsp3) is 0.333. The number of aromatic nitrogens is 1. The molecule has 0 spiro atoms. The molecule has 1 aromatic carbocycles. The van der Waals surface area contributed by atoms with Crippen LogP contribution in [0.4, 0.5) is 4.39 Å². The number of aryl methyl sites for hydroxylation is 1. The van der Waals surface area contributed by atoms with Crippen molar-refractivity contribution < 1.29 is 14.0 Å². The molecule has 0 aliphatic carbocycles. The Bertz CT molecular complexity index is 888. The second-order valence-electron chi connectivity index (χ2n) is 5.74. The van der Waals surface area contributed by atoms with Crippen LogP contribution in [0.25, 0.3) is 5.70 Å². The van der Waals surface area contributed by atoms with Gasteiger partial charge in [0.05, 0.1) is 11.1 Å². The summed E-state index contributed by atoms with van der Waals surface area (Å²) in [6.45, 7) is 11.7. The van der Waals surface area contributed by atoms with E-state index < -0.39 is 0 Å². The molecule has 5 nitrogen and oxygen atoms in total. The Balaban J connectivity index is 0.00000133. The number of hydrogen-bond donors (Lipinski definition) is 2. The van der Waals surface area contributed by atoms with Crippen LogP contribution in [-0.2, 0) is 9.59 Å². The normalized spacial score (nSPS) is 10.5. The molecule has 0 aliphatic rings. The minimum absolute atomic E-state index is 0.181. The summed E-state index contributed by atoms with van der Waals surface area (Å²) in [5.41, 5.74) is 8.61. The molecule has 152 valence electrons. The lowest BCUT2D eigenvalue weighted by Crippen LogP contribution is -2.29. The van der Waals surface area contributed by atoms with E-state index in [0.29, 0.717) is 10.6 Å². The van der Waals surface area contributed by atoms with E-state index in [-0.39, 0.29) is 29.2 Å². The second-order valence-corrected chi connectivity index (χ2v) is 6.18. The first-order valence-corrected chi connectivity index (χ1v) is 9.30. The first kappa shape index (κ1) is 25.3. The Morgan fingerprint density at radius 2 is 1.93 bits per heavy atom. The summed E-state index contributed by atoms with van der Waals surface area (Å²) in [5.74, 6) is -0.288. The van der Waals surface area contributed by atoms with Crippen LogP contribution >= 0.6 is 11.6 Å². The summed E-state index contributed by atoms with van der Waals surface area (Å²) in [6.07, 6.45) is 3.59. The van der Waals surface area contributed by atoms with Crippen molar-refractivity contribution in [3.63, 3.8) is 0 Å². The van der Waals surface area contributed by atoms with Crippen LogP contribution in [0.1, 0.15) is 56.3 Å². The smallest absolute Gasteiger partial charge is 0.373 e. The Morgan fingerprint density at radius 3 is 2.43 bits per heavy atom. The highest BCUT2D eigenvalue weighted by Gasteiger charge is 2.18. The van der Waals surface area contributed by atoms with Crippen molar-refractivity contribution in [3.8, 4) is 0 Å². The lowest BCUT2D eigenvalue weighted by Gasteiger charge is -2.24. The van der Waals surface area contributed by atoms with Crippen molar-refractivity contribution in [1.82, 2.24) is 4.57 Å². The van der Waals surface area contributed by atoms with Crippen molar-refractivity contribution >= 4 is 23.4 Å². The molecule has 1 unspecified atom stereocenters. The predicted octanol–water partition coefficient (Wildman–Crippen LogP) is 4.83. The number of benzene rings is 1. The van der Waals surface area contributed by atoms with Gasteiger partial charge in [0.25, 0.3) is 0 Å². The van der Waals surface area contributed by atoms with Gasteiger partial charge >= 0.3 is 6.15 Å². The van der Waals surface area contributed by atoms with Gasteiger partial charge in [-0.1, -0.05) is 51.4 Å². The molecule has 0 radical (unpaired) electrons. The third-order valence-corrected chi connectivity index (χ3v) is 4.11. The fourth-order valence-electron chi connectivity index (χ4n) is 2.76. The number of halogens is 2. The molecule has 1 atom stereocenters. The molecule has 0 aliphatic heterocycles. The van der Waals surface area contributed by atoms with Crippen molar-refractivity contribution in [2.75, 3.05) is 0 Å². The molecule has 0 fully saturated rings. The van der Waals surface area contributed by atoms with Crippen LogP contribution in [0, 0.1) is 18.2 Å². The maximum absolute atomic E-state index is 13.7. The Kier molecular flexibility index (Phi) is 11.4. The zero-order valence-electron chi connectivity index (χ0n) is 16.7. The van der Waals surface area contributed by atoms with Crippen molar-refractivity contribution in [1.29, 1.82) is 5.41 Å². The number of nitrogens with two attached hydrogens (primary N) is 1. The Labute approximate surface area is 170 Å². The van der Waals surface area contributed by atoms with E-state index in [0.717, 1.165) is 24.0 Å². The van der Waals surface area contributed by atoms with E-state index in [1.54, 1.807) is 22.9 Å². The number of nitrogens with one attached hydrogen (secondary N) is 1. The summed E-state index contributed by atoms with van der Waals surface area (Å²) in [6, 6.07) is 6.17. The average molecular weight is 408 g/mol. The highest BCUT2D eigenvalue weighted by Crippen LogP contribution is 2.27. The minimum atomic E-state index is -0.288. The van der Waals surface area contributed by atoms with Gasteiger partial charge < -0.3 is 10.3 Å². The number of hydrogen-bond acceptors (Lipinski definition) is 4. The molecule has 1 heterocycles. The number of nitrogens with zero attached hydrogens (tertiary/aromatic N) is 1. The molecule has 0 bridgehead atoms. The molecule has 7 heteroatoms. The third-order valence-electron chi connectivity index (χ3n) is 3.90. The molecule has 0 saturated heterocycles. The zero-order chi connectivity index (χ0) is 21.9. The van der Waals surface area contributed by atoms with Gasteiger partial charge in [-0.25, -0.2) is 4.39 Å². The van der Waals surface area contributed by atoms with Gasteiger partial charge in [-0.3, -0.25) is 5.41 Å². The Hall–Kier alpha value is -2.69. The van der Waals surface area contributed by atoms with Crippen molar-refractivity contribution in [3.05, 3.63) is 70.1 Å². The van der Waals surface area contributed by atoms with Crippen LogP contribution in [0.3, 0.4) is 0 Å². The van der Waals surface area contributed by atoms with Gasteiger partial charge in [0, 0.05) is 17.5 Å². The van der Waals surface area contributed by atoms with Gasteiger partial charge in [-0.2, -0.15) is 9.59 Å². The lowest BCUT2D eigenvalue weighted by molar-refractivity contribution is -0.191. The molecular formula is C21H27ClFN3O2. The zero-order valence-corrected chi connectivity index (χ0v) is 17.4. The highest BCUT2D eigenvalue weighted by atomic mass is 35.5. The topological polar surface area (TPSA) is 88.9 Å². The largest absolute Gasteiger partial charge is 0.399 e. The van der Waals surface area contributed by atoms with Crippen molar-refractivity contribution in [2.24, 2.45) is 5.73 Å². The summed E-state index contributed by atoms with van der Waals surface area (Å²) in [7, 11) is 0. The fourth-order valence-corrected chi connectivity index (χ4v) is 2.97. The van der Waals surface area contributed by atoms with E-state index in [9.17, 15) is 4.39 Å². The lowest BCUT2D eigenvalue weighted by atomic mass is 9.97. The third kappa shape index (κ3) is 6.80. The van der Waals surface area contributed by atoms with Gasteiger partial charge in [-0.05, 0) is 42.7 Å². The quantitative estimate of drug-likeness (QED) is 0.743. The summed E-state index contributed by atoms with van der Waals surface area (Å²) in [5, 5.41) is 8.90. The van der Waals surface area contributed by atoms with E-state index in [2.05, 4.69) is 13.5 Å². The van der Waals surface area contributed by atoms with E-state index in [1.807, 2.05) is 20.8 Å². The van der Waals surface area contributed by atoms with E-state index >= 15 is 0 Å². The number of carbonyl (C=O) groups excluding carboxylic acids is 2. The molecule has 1 aromatic heterocycles. The van der Waals surface area contributed by atoms with E-state index in [1.165, 1.54) is 12.1 Å². The number of rotatable bonds is 5. The van der Waals surface area contributed by atoms with Gasteiger partial charge in [0.2, 0.25) is 0 Å². The van der Waals surface area contributed by atoms with Gasteiger partial charge in [0.1, 0.15) is 11.3 Å².